The van der Waals surface area contributed by atoms with Crippen LogP contribution in [0.2, 0.25) is 20.1 Å². The normalized spacial score (nSPS) is 12.1. The quantitative estimate of drug-likeness (QED) is 0.0213. The largest absolute Gasteiger partial charge is 1.00 e. The number of H-pyrrole nitrogens is 1. The number of para-hydroxylation sites is 3. The first kappa shape index (κ1) is 115. The smallest absolute Gasteiger partial charge is 0.507 e. The number of oxazole rings is 1. The number of phenols is 4. The molecule has 752 valence electrons. The van der Waals surface area contributed by atoms with Crippen LogP contribution in [0, 0.1) is 6.92 Å². The number of aromatic nitrogens is 13. The predicted molar refractivity (Wildman–Crippen MR) is 508 cm³/mol. The molecule has 8 aromatic heterocycles. The Kier molecular flexibility index (Phi) is 38.2. The van der Waals surface area contributed by atoms with Crippen molar-refractivity contribution in [3.63, 3.8) is 0 Å². The summed E-state index contributed by atoms with van der Waals surface area (Å²) < 4.78 is 140. The fourth-order valence-corrected chi connectivity index (χ4v) is 18.0. The Morgan fingerprint density at radius 2 is 1.03 bits per heavy atom. The summed E-state index contributed by atoms with van der Waals surface area (Å²) in [5.74, 6) is -2.50. The van der Waals surface area contributed by atoms with Crippen molar-refractivity contribution in [1.29, 1.82) is 0 Å². The number of benzene rings is 6. The van der Waals surface area contributed by atoms with Gasteiger partial charge in [0.15, 0.2) is 22.8 Å². The molecule has 0 fully saturated rings. The van der Waals surface area contributed by atoms with Gasteiger partial charge in [-0.3, -0.25) is 20.4 Å². The number of carbonyl (C=O) groups excluding carboxylic acids is 1. The molecule has 5 N–H and O–H groups in total. The van der Waals surface area contributed by atoms with Gasteiger partial charge in [0, 0.05) is 63.5 Å². The number of sulfonamides is 4. The maximum absolute atomic E-state index is 13.2. The number of aromatic amines is 1. The number of pyridine rings is 1. The van der Waals surface area contributed by atoms with E-state index in [9.17, 15) is 58.9 Å². The van der Waals surface area contributed by atoms with E-state index in [-0.39, 0.29) is 184 Å². The zero-order valence-corrected chi connectivity index (χ0v) is 87.6. The van der Waals surface area contributed by atoms with E-state index >= 15 is 0 Å². The second-order valence-electron chi connectivity index (χ2n) is 33.3. The van der Waals surface area contributed by atoms with E-state index in [1.165, 1.54) is 89.5 Å². The van der Waals surface area contributed by atoms with Crippen molar-refractivity contribution in [2.75, 3.05) is 25.6 Å². The predicted octanol–water partition coefficient (Wildman–Crippen LogP) is 23.1. The fourth-order valence-electron chi connectivity index (χ4n) is 11.8. The molecule has 42 nitrogen and oxygen atoms in total. The van der Waals surface area contributed by atoms with Gasteiger partial charge >= 0.3 is 86.3 Å². The number of esters is 1. The Bertz CT molecular complexity index is 7370. The van der Waals surface area contributed by atoms with Gasteiger partial charge in [-0.2, -0.15) is 10.1 Å². The third kappa shape index (κ3) is 28.1. The van der Waals surface area contributed by atoms with E-state index in [0.717, 1.165) is 39.2 Å². The van der Waals surface area contributed by atoms with Crippen LogP contribution in [-0.2, 0) is 156 Å². The third-order valence-corrected chi connectivity index (χ3v) is 25.3. The number of carbonyl (C=O) groups is 1. The van der Waals surface area contributed by atoms with Crippen molar-refractivity contribution < 1.29 is 141 Å². The number of thiazole rings is 1. The number of hydrogen-bond acceptors (Lipinski definition) is 35. The van der Waals surface area contributed by atoms with Crippen LogP contribution in [0.15, 0.2) is 214 Å². The second kappa shape index (κ2) is 46.4. The number of azo groups is 4. The van der Waals surface area contributed by atoms with Crippen LogP contribution in [0.5, 0.6) is 23.0 Å². The van der Waals surface area contributed by atoms with E-state index in [4.69, 9.17) is 60.0 Å². The first-order chi connectivity index (χ1) is 63.1. The molecule has 0 saturated heterocycles. The van der Waals surface area contributed by atoms with Crippen LogP contribution >= 0.6 is 57.7 Å². The molecule has 55 heteroatoms. The number of phenolic OH excluding ortho intramolecular Hbond substituents is 4. The topological polar surface area (TPSA) is 575 Å². The van der Waals surface area contributed by atoms with Crippen LogP contribution in [0.4, 0.5) is 74.8 Å². The Hall–Kier alpha value is -11.3. The fraction of sp³-hybridized carbons (Fsp3) is 0.286. The van der Waals surface area contributed by atoms with Gasteiger partial charge in [-0.1, -0.05) is 205 Å². The molecule has 8 heterocycles. The van der Waals surface area contributed by atoms with Gasteiger partial charge in [0.1, 0.15) is 53.7 Å². The average Bonchev–Trinajstić information content (AvgIpc) is 1.64. The number of hydrogen-bond donors (Lipinski definition) is 5. The zero-order valence-electron chi connectivity index (χ0n) is 76.7. The monoisotopic (exact) mass is 2270 g/mol. The number of aromatic hydroxyl groups is 4. The third-order valence-electron chi connectivity index (χ3n) is 18.5. The number of halogens is 4. The maximum atomic E-state index is 13.2. The van der Waals surface area contributed by atoms with Crippen LogP contribution in [0.3, 0.4) is 0 Å². The van der Waals surface area contributed by atoms with Crippen LogP contribution in [-0.4, -0.2) is 145 Å². The Morgan fingerprint density at radius 1 is 0.525 bits per heavy atom. The molecule has 0 saturated carbocycles. The summed E-state index contributed by atoms with van der Waals surface area (Å²) in [5, 5.41) is 103. The number of anilines is 1. The van der Waals surface area contributed by atoms with E-state index in [1.807, 2.05) is 132 Å². The molecule has 0 amide bonds. The van der Waals surface area contributed by atoms with Gasteiger partial charge in [0.05, 0.1) is 39.3 Å². The van der Waals surface area contributed by atoms with Gasteiger partial charge in [-0.25, -0.2) is 43.4 Å². The number of ether oxygens (including phenoxy) is 1. The number of aryl methyl sites for hydroxylation is 4. The zero-order chi connectivity index (χ0) is 99.2. The summed E-state index contributed by atoms with van der Waals surface area (Å²) in [6, 6.07) is 34.4. The first-order valence-corrected chi connectivity index (χ1v) is 48.1. The van der Waals surface area contributed by atoms with Gasteiger partial charge < -0.3 is 76.8 Å². The first-order valence-electron chi connectivity index (χ1n) is 39.9. The van der Waals surface area contributed by atoms with Crippen LogP contribution in [0.25, 0.3) is 41.1 Å². The van der Waals surface area contributed by atoms with Gasteiger partial charge in [-0.15, -0.1) is 47.1 Å². The summed E-state index contributed by atoms with van der Waals surface area (Å²) in [4.78, 5) is 24.7. The number of nitrogens with zero attached hydrogens (tertiary/aromatic N) is 25. The van der Waals surface area contributed by atoms with E-state index in [1.54, 1.807) is 68.7 Å². The Labute approximate surface area is 865 Å². The molecular weight excluding hydrogens is 2190 g/mol. The maximum Gasteiger partial charge on any atom is 1.00 e. The summed E-state index contributed by atoms with van der Waals surface area (Å²) >= 11 is 24.7. The minimum Gasteiger partial charge on any atom is -0.507 e. The molecule has 0 unspecified atom stereocenters. The molecule has 0 aliphatic heterocycles. The second-order valence-corrected chi connectivity index (χ2v) is 42.2. The molecule has 0 spiro atoms. The number of nitrogens with one attached hydrogen (secondary N) is 1. The molecule has 14 aromatic rings. The molecule has 0 aliphatic carbocycles. The van der Waals surface area contributed by atoms with Crippen molar-refractivity contribution >= 4 is 190 Å². The standard InChI is InChI=1S/C24H26N7O3S.C24H25N6O4S.C20H24Cl2N7O4S.C16H13Cl2N6O5S2.4Cu/c1-15-19(16-11-7-6-8-12-16)22(27-25-15)28-26-20-21(24(2,3)4)29-31(5)23(20)30-35(33,34)18-14-10-9-13-17(18)32;1-24(2,3)15-10-12-18(31)20(14-15)35(32,33)29-22-17(11-13-21(26-22)30(4)5)27-28-23-25-16-8-6-7-9-19(16)34-23;1-19(2,3)15-13(23-25-18-26-24-17(33-18)20(4,5)6)16(29(7)27-15)28-34(31,32)12-9-10(21)8-11(22)14(12)30;1-3-29-15(26)12-11(20-21-16-19-4-5-30-16)14(24(2)22-12)23-31(27,28)10-7-8(17)6-9(18)13(10)25;;;;/h6-14H,1-5H3,(H2-,25,26,27,28,29,30,32);6-14H,1-5H3,(H-,25,26,28,29,31);8-9H,1-7H3,(H-,25,26,27,28,30);4-7H,3H2,1-2H3,(H-,19,21,22,23,25);;;;/q4*-1;4*+1. The van der Waals surface area contributed by atoms with E-state index in [0.29, 0.717) is 40.0 Å². The molecule has 14 rings (SSSR count). The Morgan fingerprint density at radius 3 is 1.55 bits per heavy atom. The minimum atomic E-state index is -4.55. The van der Waals surface area contributed by atoms with Crippen molar-refractivity contribution in [2.45, 2.75) is 138 Å². The van der Waals surface area contributed by atoms with Gasteiger partial charge in [-0.05, 0) is 148 Å². The van der Waals surface area contributed by atoms with Crippen LogP contribution < -0.4 is 4.90 Å². The Balaban J connectivity index is 0.000000250. The molecule has 0 atom stereocenters. The number of fused-ring (bicyclic) bond motifs is 1. The number of rotatable bonds is 24. The average molecular weight is 2270 g/mol. The van der Waals surface area contributed by atoms with Crippen LogP contribution in [0.1, 0.15) is 129 Å². The van der Waals surface area contributed by atoms with Gasteiger partial charge in [0.25, 0.3) is 0 Å². The minimum absolute atomic E-state index is 0. The molecule has 6 aromatic carbocycles. The summed E-state index contributed by atoms with van der Waals surface area (Å²) in [6.07, 6.45) is 1.50. The molecule has 0 bridgehead atoms. The van der Waals surface area contributed by atoms with E-state index < -0.39 is 89.7 Å². The van der Waals surface area contributed by atoms with Crippen molar-refractivity contribution in [2.24, 2.45) is 62.1 Å². The van der Waals surface area contributed by atoms with Crippen molar-refractivity contribution in [1.82, 2.24) is 64.7 Å². The van der Waals surface area contributed by atoms with Gasteiger partial charge in [0.2, 0.25) is 56.9 Å². The van der Waals surface area contributed by atoms with Crippen molar-refractivity contribution in [3.05, 3.63) is 218 Å². The summed E-state index contributed by atoms with van der Waals surface area (Å²) in [5.41, 5.74) is 3.44. The van der Waals surface area contributed by atoms with E-state index in [2.05, 4.69) is 110 Å². The molecule has 0 aliphatic rings. The SMILES string of the molecule is CCOC(=O)c1nn(C)c([N-]S(=O)(=O)c2cc(Cl)cc(Cl)c2O)c1N=Nc1nccs1.CN(C)c1ccc(N=Nc2nc3ccccc3o2)c([N-]S(=O)(=O)c2cc(C(C)(C)C)ccc2O)n1.Cc1[nH]nc(N=Nc2c(C(C)(C)C)nn(C)c2[N-]S(=O)(=O)c2ccccc2O)c1-c1ccccc1.Cn1nc(C(C)(C)C)c(N=Nc2nnc(C(C)(C)C)o2)c1[N-]S(=O)(=O)c1cc(Cl)cc(Cl)c1O.[Cu+].[Cu+].[Cu+].[Cu+]. The summed E-state index contributed by atoms with van der Waals surface area (Å²) in [6.45, 7) is 26.5. The molecular formula is C84H88Cl4Cu4N26O16S5. The van der Waals surface area contributed by atoms with Crippen molar-refractivity contribution in [3.8, 4) is 34.1 Å². The molecule has 0 radical (unpaired) electrons. The summed E-state index contributed by atoms with van der Waals surface area (Å²) in [7, 11) is -9.65. The molecule has 139 heavy (non-hydrogen) atoms.